The summed E-state index contributed by atoms with van der Waals surface area (Å²) in [7, 11) is -3.04. The second-order valence-corrected chi connectivity index (χ2v) is 7.38. The maximum absolute atomic E-state index is 11.8. The Bertz CT molecular complexity index is 520. The second kappa shape index (κ2) is 6.56. The van der Waals surface area contributed by atoms with Crippen molar-refractivity contribution in [3.8, 4) is 5.75 Å². The van der Waals surface area contributed by atoms with Gasteiger partial charge in [0.25, 0.3) is 0 Å². The van der Waals surface area contributed by atoms with Gasteiger partial charge in [-0.25, -0.2) is 12.7 Å². The number of rotatable bonds is 5. The highest BCUT2D eigenvalue weighted by atomic mass is 32.2. The quantitative estimate of drug-likeness (QED) is 0.859. The maximum Gasteiger partial charge on any atom is 0.213 e. The average Bonchev–Trinajstić information content (AvgIpc) is 2.47. The minimum atomic E-state index is -3.04. The van der Waals surface area contributed by atoms with Crippen LogP contribution in [0.1, 0.15) is 25.3 Å². The molecule has 1 aromatic carbocycles. The van der Waals surface area contributed by atoms with Gasteiger partial charge in [0.1, 0.15) is 5.75 Å². The van der Waals surface area contributed by atoms with E-state index in [9.17, 15) is 13.5 Å². The number of nitrogens with zero attached hydrogens (tertiary/aromatic N) is 1. The van der Waals surface area contributed by atoms with Crippen LogP contribution in [-0.2, 0) is 16.6 Å². The van der Waals surface area contributed by atoms with E-state index in [-0.39, 0.29) is 11.5 Å². The van der Waals surface area contributed by atoms with Crippen LogP contribution in [0.4, 0.5) is 0 Å². The predicted octanol–water partition coefficient (Wildman–Crippen LogP) is 1.30. The molecule has 1 heterocycles. The van der Waals surface area contributed by atoms with E-state index in [1.54, 1.807) is 23.4 Å². The first kappa shape index (κ1) is 15.3. The zero-order chi connectivity index (χ0) is 14.6. The third-order valence-corrected chi connectivity index (χ3v) is 5.62. The molecule has 2 N–H and O–H groups in total. The Morgan fingerprint density at radius 1 is 1.25 bits per heavy atom. The Morgan fingerprint density at radius 2 is 1.85 bits per heavy atom. The van der Waals surface area contributed by atoms with Crippen molar-refractivity contribution in [3.63, 3.8) is 0 Å². The highest BCUT2D eigenvalue weighted by Gasteiger charge is 2.26. The standard InChI is InChI=1S/C14H22N2O3S/c1-2-20(18,19)16-9-7-13(8-10-16)15-11-12-3-5-14(17)6-4-12/h3-6,13,15,17H,2,7-11H2,1H3. The molecular weight excluding hydrogens is 276 g/mol. The van der Waals surface area contributed by atoms with E-state index in [2.05, 4.69) is 5.32 Å². The molecule has 0 radical (unpaired) electrons. The summed E-state index contributed by atoms with van der Waals surface area (Å²) in [6.07, 6.45) is 1.69. The molecule has 2 rings (SSSR count). The summed E-state index contributed by atoms with van der Waals surface area (Å²) in [5, 5.41) is 12.7. The molecule has 0 saturated carbocycles. The molecule has 5 nitrogen and oxygen atoms in total. The van der Waals surface area contributed by atoms with E-state index in [1.807, 2.05) is 12.1 Å². The molecule has 1 aromatic rings. The lowest BCUT2D eigenvalue weighted by Gasteiger charge is -2.31. The summed E-state index contributed by atoms with van der Waals surface area (Å²) in [5.74, 6) is 0.449. The SMILES string of the molecule is CCS(=O)(=O)N1CCC(NCc2ccc(O)cc2)CC1. The van der Waals surface area contributed by atoms with Gasteiger partial charge in [-0.2, -0.15) is 0 Å². The molecule has 1 aliphatic heterocycles. The van der Waals surface area contributed by atoms with Crippen LogP contribution < -0.4 is 5.32 Å². The van der Waals surface area contributed by atoms with Crippen molar-refractivity contribution in [1.82, 2.24) is 9.62 Å². The normalized spacial score (nSPS) is 18.2. The van der Waals surface area contributed by atoms with Crippen LogP contribution in [-0.4, -0.2) is 42.7 Å². The zero-order valence-corrected chi connectivity index (χ0v) is 12.6. The fourth-order valence-electron chi connectivity index (χ4n) is 2.40. The predicted molar refractivity (Wildman–Crippen MR) is 79.0 cm³/mol. The first-order valence-electron chi connectivity index (χ1n) is 7.00. The number of aromatic hydroxyl groups is 1. The third-order valence-electron chi connectivity index (χ3n) is 3.74. The fourth-order valence-corrected chi connectivity index (χ4v) is 3.53. The molecule has 20 heavy (non-hydrogen) atoms. The first-order chi connectivity index (χ1) is 9.51. The molecule has 0 unspecified atom stereocenters. The van der Waals surface area contributed by atoms with Crippen LogP contribution in [0, 0.1) is 0 Å². The zero-order valence-electron chi connectivity index (χ0n) is 11.7. The van der Waals surface area contributed by atoms with Gasteiger partial charge < -0.3 is 10.4 Å². The third kappa shape index (κ3) is 3.94. The van der Waals surface area contributed by atoms with E-state index in [4.69, 9.17) is 0 Å². The second-order valence-electron chi connectivity index (χ2n) is 5.12. The Hall–Kier alpha value is -1.11. The van der Waals surface area contributed by atoms with Crippen LogP contribution in [0.3, 0.4) is 0 Å². The minimum absolute atomic E-state index is 0.179. The van der Waals surface area contributed by atoms with E-state index in [1.165, 1.54) is 0 Å². The molecule has 0 bridgehead atoms. The van der Waals surface area contributed by atoms with E-state index in [0.717, 1.165) is 24.9 Å². The Labute approximate surface area is 120 Å². The van der Waals surface area contributed by atoms with Gasteiger partial charge in [0.05, 0.1) is 5.75 Å². The van der Waals surface area contributed by atoms with Gasteiger partial charge in [-0.15, -0.1) is 0 Å². The smallest absolute Gasteiger partial charge is 0.213 e. The lowest BCUT2D eigenvalue weighted by Crippen LogP contribution is -2.45. The Kier molecular flexibility index (Phi) is 5.01. The van der Waals surface area contributed by atoms with Gasteiger partial charge in [-0.3, -0.25) is 0 Å². The van der Waals surface area contributed by atoms with Crippen LogP contribution in [0.5, 0.6) is 5.75 Å². The summed E-state index contributed by atoms with van der Waals surface area (Å²) < 4.78 is 25.1. The van der Waals surface area contributed by atoms with Crippen LogP contribution in [0.25, 0.3) is 0 Å². The highest BCUT2D eigenvalue weighted by molar-refractivity contribution is 7.89. The van der Waals surface area contributed by atoms with Gasteiger partial charge in [-0.05, 0) is 37.5 Å². The number of phenols is 1. The monoisotopic (exact) mass is 298 g/mol. The largest absolute Gasteiger partial charge is 0.508 e. The summed E-state index contributed by atoms with van der Waals surface area (Å²) in [5.41, 5.74) is 1.12. The van der Waals surface area contributed by atoms with Crippen molar-refractivity contribution in [1.29, 1.82) is 0 Å². The molecule has 0 aromatic heterocycles. The van der Waals surface area contributed by atoms with Crippen LogP contribution in [0.15, 0.2) is 24.3 Å². The number of nitrogens with one attached hydrogen (secondary N) is 1. The summed E-state index contributed by atoms with van der Waals surface area (Å²) >= 11 is 0. The summed E-state index contributed by atoms with van der Waals surface area (Å²) in [4.78, 5) is 0. The molecule has 1 aliphatic rings. The van der Waals surface area contributed by atoms with E-state index in [0.29, 0.717) is 19.1 Å². The lowest BCUT2D eigenvalue weighted by atomic mass is 10.1. The molecule has 1 saturated heterocycles. The van der Waals surface area contributed by atoms with Crippen molar-refractivity contribution < 1.29 is 13.5 Å². The minimum Gasteiger partial charge on any atom is -0.508 e. The summed E-state index contributed by atoms with van der Waals surface area (Å²) in [6, 6.07) is 7.48. The molecule has 0 atom stereocenters. The number of phenolic OH excluding ortho intramolecular Hbond substituents is 1. The van der Waals surface area contributed by atoms with Crippen molar-refractivity contribution in [2.24, 2.45) is 0 Å². The van der Waals surface area contributed by atoms with Crippen LogP contribution in [0.2, 0.25) is 0 Å². The summed E-state index contributed by atoms with van der Waals surface area (Å²) in [6.45, 7) is 3.63. The fraction of sp³-hybridized carbons (Fsp3) is 0.571. The number of benzene rings is 1. The van der Waals surface area contributed by atoms with Gasteiger partial charge in [-0.1, -0.05) is 12.1 Å². The van der Waals surface area contributed by atoms with Gasteiger partial charge in [0, 0.05) is 25.7 Å². The van der Waals surface area contributed by atoms with Gasteiger partial charge in [0.15, 0.2) is 0 Å². The number of piperidine rings is 1. The van der Waals surface area contributed by atoms with Crippen molar-refractivity contribution >= 4 is 10.0 Å². The Balaban J connectivity index is 1.79. The van der Waals surface area contributed by atoms with Crippen molar-refractivity contribution in [3.05, 3.63) is 29.8 Å². The maximum atomic E-state index is 11.8. The molecule has 0 spiro atoms. The first-order valence-corrected chi connectivity index (χ1v) is 8.61. The molecule has 6 heteroatoms. The molecule has 0 amide bonds. The number of sulfonamides is 1. The lowest BCUT2D eigenvalue weighted by molar-refractivity contribution is 0.289. The van der Waals surface area contributed by atoms with E-state index < -0.39 is 10.0 Å². The molecule has 0 aliphatic carbocycles. The number of hydrogen-bond acceptors (Lipinski definition) is 4. The topological polar surface area (TPSA) is 69.6 Å². The highest BCUT2D eigenvalue weighted by Crippen LogP contribution is 2.15. The molecule has 1 fully saturated rings. The van der Waals surface area contributed by atoms with Crippen molar-refractivity contribution in [2.45, 2.75) is 32.4 Å². The Morgan fingerprint density at radius 3 is 2.40 bits per heavy atom. The van der Waals surface area contributed by atoms with Crippen molar-refractivity contribution in [2.75, 3.05) is 18.8 Å². The van der Waals surface area contributed by atoms with Gasteiger partial charge >= 0.3 is 0 Å². The van der Waals surface area contributed by atoms with Crippen LogP contribution >= 0.6 is 0 Å². The molecule has 112 valence electrons. The van der Waals surface area contributed by atoms with Gasteiger partial charge in [0.2, 0.25) is 10.0 Å². The van der Waals surface area contributed by atoms with E-state index >= 15 is 0 Å². The average molecular weight is 298 g/mol. The number of hydrogen-bond donors (Lipinski definition) is 2. The molecular formula is C14H22N2O3S.